The first-order valence-corrected chi connectivity index (χ1v) is 5.78. The van der Waals surface area contributed by atoms with Crippen molar-refractivity contribution in [1.82, 2.24) is 4.90 Å². The predicted molar refractivity (Wildman–Crippen MR) is 62.2 cm³/mol. The summed E-state index contributed by atoms with van der Waals surface area (Å²) < 4.78 is 13.9. The Morgan fingerprint density at radius 2 is 2.39 bits per heavy atom. The summed E-state index contributed by atoms with van der Waals surface area (Å²) in [6, 6.07) is 5.86. The maximum atomic E-state index is 13.9. The lowest BCUT2D eigenvalue weighted by molar-refractivity contribution is -0.142. The molecule has 1 aliphatic rings. The van der Waals surface area contributed by atoms with Crippen molar-refractivity contribution in [1.29, 1.82) is 5.26 Å². The van der Waals surface area contributed by atoms with Crippen LogP contribution in [0.3, 0.4) is 0 Å². The van der Waals surface area contributed by atoms with Gasteiger partial charge in [0.25, 0.3) is 0 Å². The van der Waals surface area contributed by atoms with E-state index in [0.29, 0.717) is 18.5 Å². The highest BCUT2D eigenvalue weighted by atomic mass is 19.1. The number of nitriles is 1. The summed E-state index contributed by atoms with van der Waals surface area (Å²) in [7, 11) is 0. The maximum absolute atomic E-state index is 13.9. The summed E-state index contributed by atoms with van der Waals surface area (Å²) >= 11 is 0. The molecule has 4 nitrogen and oxygen atoms in total. The third-order valence-corrected chi connectivity index (χ3v) is 3.22. The Balaban J connectivity index is 2.19. The summed E-state index contributed by atoms with van der Waals surface area (Å²) in [5.41, 5.74) is 0.376. The van der Waals surface area contributed by atoms with Gasteiger partial charge in [0.05, 0.1) is 5.56 Å². The molecule has 18 heavy (non-hydrogen) atoms. The van der Waals surface area contributed by atoms with E-state index in [1.807, 2.05) is 0 Å². The first-order chi connectivity index (χ1) is 8.63. The number of carboxylic acids is 1. The molecule has 1 atom stereocenters. The fourth-order valence-electron chi connectivity index (χ4n) is 2.30. The minimum Gasteiger partial charge on any atom is -0.480 e. The Bertz CT molecular complexity index is 510. The fourth-order valence-corrected chi connectivity index (χ4v) is 2.30. The van der Waals surface area contributed by atoms with Gasteiger partial charge in [0, 0.05) is 12.1 Å². The molecule has 0 amide bonds. The third kappa shape index (κ3) is 2.34. The Morgan fingerprint density at radius 1 is 1.61 bits per heavy atom. The minimum absolute atomic E-state index is 0.00132. The zero-order chi connectivity index (χ0) is 13.1. The standard InChI is InChI=1S/C13H13FN2O2/c14-12-9(7-15)3-1-4-10(12)8-16-6-2-5-11(16)13(17)18/h1,3-4,11H,2,5-6,8H2,(H,17,18). The molecule has 1 unspecified atom stereocenters. The lowest BCUT2D eigenvalue weighted by Gasteiger charge is -2.21. The third-order valence-electron chi connectivity index (χ3n) is 3.22. The maximum Gasteiger partial charge on any atom is 0.320 e. The lowest BCUT2D eigenvalue weighted by Crippen LogP contribution is -2.35. The molecule has 1 heterocycles. The monoisotopic (exact) mass is 248 g/mol. The number of hydrogen-bond acceptors (Lipinski definition) is 3. The molecule has 1 N–H and O–H groups in total. The molecule has 0 spiro atoms. The van der Waals surface area contributed by atoms with Gasteiger partial charge in [0.15, 0.2) is 0 Å². The Morgan fingerprint density at radius 3 is 3.06 bits per heavy atom. The van der Waals surface area contributed by atoms with Crippen molar-refractivity contribution in [3.63, 3.8) is 0 Å². The first-order valence-electron chi connectivity index (χ1n) is 5.78. The van der Waals surface area contributed by atoms with Gasteiger partial charge >= 0.3 is 5.97 Å². The molecule has 2 rings (SSSR count). The number of likely N-dealkylation sites (tertiary alicyclic amines) is 1. The number of carbonyl (C=O) groups is 1. The van der Waals surface area contributed by atoms with Crippen LogP contribution in [-0.4, -0.2) is 28.6 Å². The van der Waals surface area contributed by atoms with E-state index in [1.165, 1.54) is 6.07 Å². The largest absolute Gasteiger partial charge is 0.480 e. The van der Waals surface area contributed by atoms with Crippen LogP contribution in [0.25, 0.3) is 0 Å². The number of carboxylic acid groups (broad SMARTS) is 1. The number of nitrogens with zero attached hydrogens (tertiary/aromatic N) is 2. The van der Waals surface area contributed by atoms with E-state index in [0.717, 1.165) is 6.42 Å². The Hall–Kier alpha value is -1.93. The molecule has 0 bridgehead atoms. The molecule has 5 heteroatoms. The molecule has 1 aromatic rings. The van der Waals surface area contributed by atoms with Crippen molar-refractivity contribution < 1.29 is 14.3 Å². The number of rotatable bonds is 3. The summed E-state index contributed by atoms with van der Waals surface area (Å²) in [5, 5.41) is 17.8. The van der Waals surface area contributed by atoms with Crippen LogP contribution in [0, 0.1) is 17.1 Å². The van der Waals surface area contributed by atoms with Crippen molar-refractivity contribution in [3.05, 3.63) is 35.1 Å². The van der Waals surface area contributed by atoms with Crippen molar-refractivity contribution in [2.45, 2.75) is 25.4 Å². The molecule has 0 aliphatic carbocycles. The second-order valence-electron chi connectivity index (χ2n) is 4.36. The van der Waals surface area contributed by atoms with Gasteiger partial charge in [0.2, 0.25) is 0 Å². The SMILES string of the molecule is N#Cc1cccc(CN2CCCC2C(=O)O)c1F. The van der Waals surface area contributed by atoms with Crippen LogP contribution in [0.4, 0.5) is 4.39 Å². The van der Waals surface area contributed by atoms with E-state index in [2.05, 4.69) is 0 Å². The van der Waals surface area contributed by atoms with Crippen molar-refractivity contribution in [2.75, 3.05) is 6.54 Å². The molecule has 0 saturated carbocycles. The highest BCUT2D eigenvalue weighted by Crippen LogP contribution is 2.22. The number of aliphatic carboxylic acids is 1. The van der Waals surface area contributed by atoms with Gasteiger partial charge in [-0.05, 0) is 25.5 Å². The van der Waals surface area contributed by atoms with Crippen LogP contribution in [0.5, 0.6) is 0 Å². The quantitative estimate of drug-likeness (QED) is 0.885. The van der Waals surface area contributed by atoms with E-state index in [1.54, 1.807) is 23.1 Å². The molecule has 1 aromatic carbocycles. The van der Waals surface area contributed by atoms with Crippen LogP contribution < -0.4 is 0 Å². The van der Waals surface area contributed by atoms with Gasteiger partial charge in [-0.3, -0.25) is 9.69 Å². The van der Waals surface area contributed by atoms with Gasteiger partial charge in [-0.1, -0.05) is 12.1 Å². The average Bonchev–Trinajstić information content (AvgIpc) is 2.80. The van der Waals surface area contributed by atoms with Crippen molar-refractivity contribution >= 4 is 5.97 Å². The van der Waals surface area contributed by atoms with Crippen molar-refractivity contribution in [2.24, 2.45) is 0 Å². The summed E-state index contributed by atoms with van der Waals surface area (Å²) in [4.78, 5) is 12.8. The van der Waals surface area contributed by atoms with Gasteiger partial charge in [-0.25, -0.2) is 4.39 Å². The second-order valence-corrected chi connectivity index (χ2v) is 4.36. The van der Waals surface area contributed by atoms with E-state index in [4.69, 9.17) is 10.4 Å². The number of hydrogen-bond donors (Lipinski definition) is 1. The molecule has 94 valence electrons. The Labute approximate surface area is 104 Å². The van der Waals surface area contributed by atoms with Crippen LogP contribution >= 0.6 is 0 Å². The van der Waals surface area contributed by atoms with E-state index >= 15 is 0 Å². The van der Waals surface area contributed by atoms with Crippen molar-refractivity contribution in [3.8, 4) is 6.07 Å². The molecular formula is C13H13FN2O2. The van der Waals surface area contributed by atoms with Gasteiger partial charge in [0.1, 0.15) is 17.9 Å². The first kappa shape index (κ1) is 12.5. The Kier molecular flexibility index (Phi) is 3.58. The highest BCUT2D eigenvalue weighted by molar-refractivity contribution is 5.73. The smallest absolute Gasteiger partial charge is 0.320 e. The predicted octanol–water partition coefficient (Wildman–Crippen LogP) is 1.75. The molecule has 0 radical (unpaired) electrons. The van der Waals surface area contributed by atoms with Crippen LogP contribution in [-0.2, 0) is 11.3 Å². The second kappa shape index (κ2) is 5.15. The molecule has 1 fully saturated rings. The summed E-state index contributed by atoms with van der Waals surface area (Å²) in [6.45, 7) is 0.880. The van der Waals surface area contributed by atoms with E-state index in [-0.39, 0.29) is 12.1 Å². The van der Waals surface area contributed by atoms with Crippen LogP contribution in [0.2, 0.25) is 0 Å². The van der Waals surface area contributed by atoms with E-state index < -0.39 is 17.8 Å². The molecule has 1 aliphatic heterocycles. The van der Waals surface area contributed by atoms with Gasteiger partial charge in [-0.15, -0.1) is 0 Å². The van der Waals surface area contributed by atoms with E-state index in [9.17, 15) is 9.18 Å². The van der Waals surface area contributed by atoms with Crippen LogP contribution in [0.15, 0.2) is 18.2 Å². The highest BCUT2D eigenvalue weighted by Gasteiger charge is 2.30. The lowest BCUT2D eigenvalue weighted by atomic mass is 10.1. The topological polar surface area (TPSA) is 64.3 Å². The average molecular weight is 248 g/mol. The van der Waals surface area contributed by atoms with Gasteiger partial charge < -0.3 is 5.11 Å². The minimum atomic E-state index is -0.871. The molecule has 1 saturated heterocycles. The van der Waals surface area contributed by atoms with Crippen LogP contribution in [0.1, 0.15) is 24.0 Å². The zero-order valence-corrected chi connectivity index (χ0v) is 9.77. The number of benzene rings is 1. The molecule has 0 aromatic heterocycles. The summed E-state index contributed by atoms with van der Waals surface area (Å²) in [5.74, 6) is -1.42. The normalized spacial score (nSPS) is 19.7. The number of halogens is 1. The fraction of sp³-hybridized carbons (Fsp3) is 0.385. The van der Waals surface area contributed by atoms with Gasteiger partial charge in [-0.2, -0.15) is 5.26 Å². The molecular weight excluding hydrogens is 235 g/mol. The summed E-state index contributed by atoms with van der Waals surface area (Å²) in [6.07, 6.45) is 1.39. The zero-order valence-electron chi connectivity index (χ0n) is 9.77.